The average molecular weight is 1440 g/mol. The second-order valence-electron chi connectivity index (χ2n) is 17.6. The molecule has 8 aromatic rings. The second kappa shape index (κ2) is 45.5. The van der Waals surface area contributed by atoms with Gasteiger partial charge in [-0.15, -0.1) is 6.42 Å². The first-order valence-electron chi connectivity index (χ1n) is 26.5. The van der Waals surface area contributed by atoms with Gasteiger partial charge in [-0.25, -0.2) is 0 Å². The number of carbonyl (C=O) groups excluding carboxylic acids is 1. The zero-order valence-electron chi connectivity index (χ0n) is 45.3. The van der Waals surface area contributed by atoms with Crippen LogP contribution in [0.2, 0.25) is 0 Å². The number of benzene rings is 8. The van der Waals surface area contributed by atoms with E-state index in [9.17, 15) is 4.79 Å². The predicted octanol–water partition coefficient (Wildman–Crippen LogP) is 22.9. The number of unbranched alkanes of at least 4 members (excludes halogenated alkanes) is 4. The Morgan fingerprint density at radius 3 is 1.16 bits per heavy atom. The molecule has 0 aromatic heterocycles. The van der Waals surface area contributed by atoms with Crippen LogP contribution in [0.25, 0.3) is 12.2 Å². The van der Waals surface area contributed by atoms with Gasteiger partial charge in [-0.1, -0.05) is 250 Å². The summed E-state index contributed by atoms with van der Waals surface area (Å²) in [4.78, 5) is 10.2. The molecule has 0 unspecified atom stereocenters. The van der Waals surface area contributed by atoms with Crippen LogP contribution in [-0.2, 0) is 0 Å². The summed E-state index contributed by atoms with van der Waals surface area (Å²) in [7, 11) is 0. The van der Waals surface area contributed by atoms with E-state index in [1.165, 1.54) is 76.2 Å². The Morgan fingerprint density at radius 1 is 0.450 bits per heavy atom. The number of aldehydes is 1. The van der Waals surface area contributed by atoms with E-state index in [0.29, 0.717) is 5.56 Å². The van der Waals surface area contributed by atoms with Crippen molar-refractivity contribution in [2.24, 2.45) is 0 Å². The van der Waals surface area contributed by atoms with Crippen molar-refractivity contribution in [2.75, 3.05) is 10.6 Å². The maximum absolute atomic E-state index is 10.2. The van der Waals surface area contributed by atoms with Gasteiger partial charge in [-0.3, -0.25) is 4.79 Å². The molecular formula is C74H87Br2I2OP. The minimum Gasteiger partial charge on any atom is -0.298 e. The Balaban J connectivity index is 0.000000995. The van der Waals surface area contributed by atoms with E-state index in [-0.39, 0.29) is 22.3 Å². The van der Waals surface area contributed by atoms with Gasteiger partial charge in [0.25, 0.3) is 0 Å². The minimum absolute atomic E-state index is 0. The van der Waals surface area contributed by atoms with Crippen LogP contribution in [0.4, 0.5) is 0 Å². The number of hydrogen-bond donors (Lipinski definition) is 0. The molecule has 0 radical (unpaired) electrons. The molecule has 1 nitrogen and oxygen atoms in total. The summed E-state index contributed by atoms with van der Waals surface area (Å²) in [6.07, 6.45) is 25.7. The van der Waals surface area contributed by atoms with Crippen LogP contribution in [0.3, 0.4) is 0 Å². The summed E-state index contributed by atoms with van der Waals surface area (Å²) in [5.74, 6) is 8.99. The van der Waals surface area contributed by atoms with Crippen LogP contribution in [-0.4, -0.2) is 16.9 Å². The second-order valence-corrected chi connectivity index (χ2v) is 31.1. The van der Waals surface area contributed by atoms with Crippen LogP contribution in [0.1, 0.15) is 140 Å². The van der Waals surface area contributed by atoms with Crippen molar-refractivity contribution in [3.05, 3.63) is 279 Å². The molecule has 8 aromatic carbocycles. The molecule has 0 aliphatic heterocycles. The standard InChI is InChI=1S/C22H24IP.C19H18.C11H13Br.C8H6.C7H5BrO.C4H9I.3CH4/c1-2-3-19-24(23,20-13-7-4-8-14-20,21-15-9-5-10-16-21)22-17-11-6-12-18-22;1-2-3-5-12-18-13-8-9-14-19(18)16-15-17-10-6-4-7-11-17;1-2-3-4-7-10-8-5-6-9-11(10)12;1-2-8-6-4-3-5-7-8;8-7-4-2-1-3-6(7)5-9;1-2-3-4-5;;;/h4-18H,2-3,19H2,1H3;4-14H,2-3H2,1H3;4-9H,2-3H2,1H3;1,3-7H;1-5H;2-4H2,1H3;3*1H4. The van der Waals surface area contributed by atoms with E-state index < -0.39 is 4.25 Å². The topological polar surface area (TPSA) is 17.1 Å². The molecule has 422 valence electrons. The number of alkyl halides is 1. The SMILES string of the molecule is C.C.C.C#Cc1ccccc1.CCCC=Cc1ccccc1Br.CCCC=Cc1ccccc1C#Cc1ccccc1.CCCCI.CCCCP(I)(c1ccccc1)(c1ccccc1)c1ccccc1.O=Cc1ccccc1Br. The molecule has 0 aliphatic carbocycles. The maximum atomic E-state index is 10.2. The smallest absolute Gasteiger partial charge is 0.151 e. The largest absolute Gasteiger partial charge is 0.298 e. The Morgan fingerprint density at radius 2 is 0.812 bits per heavy atom. The van der Waals surface area contributed by atoms with Crippen molar-refractivity contribution >= 4 is 115 Å². The summed E-state index contributed by atoms with van der Waals surface area (Å²) in [6.45, 7) is 8.87. The van der Waals surface area contributed by atoms with Gasteiger partial charge in [-0.2, -0.15) is 0 Å². The van der Waals surface area contributed by atoms with Crippen molar-refractivity contribution < 1.29 is 4.79 Å². The average Bonchev–Trinajstić information content (AvgIpc) is 3.62. The fourth-order valence-corrected chi connectivity index (χ4v) is 18.0. The quantitative estimate of drug-likeness (QED) is 0.0329. The van der Waals surface area contributed by atoms with Crippen LogP contribution in [0, 0.1) is 24.2 Å². The van der Waals surface area contributed by atoms with E-state index in [0.717, 1.165) is 44.8 Å². The van der Waals surface area contributed by atoms with Crippen molar-refractivity contribution in [3.8, 4) is 24.2 Å². The third kappa shape index (κ3) is 26.6. The molecule has 80 heavy (non-hydrogen) atoms. The van der Waals surface area contributed by atoms with Crippen molar-refractivity contribution in [2.45, 2.75) is 101 Å². The van der Waals surface area contributed by atoms with E-state index >= 15 is 0 Å². The third-order valence-electron chi connectivity index (χ3n) is 11.8. The summed E-state index contributed by atoms with van der Waals surface area (Å²) < 4.78 is 0.843. The van der Waals surface area contributed by atoms with Gasteiger partial charge in [0.05, 0.1) is 0 Å². The number of allylic oxidation sites excluding steroid dienone is 2. The first-order chi connectivity index (χ1) is 37.6. The zero-order chi connectivity index (χ0) is 55.7. The molecule has 0 atom stereocenters. The molecule has 0 N–H and O–H groups in total. The van der Waals surface area contributed by atoms with Gasteiger partial charge < -0.3 is 0 Å². The molecule has 6 heteroatoms. The number of carbonyl (C=O) groups is 1. The van der Waals surface area contributed by atoms with Crippen LogP contribution < -0.4 is 15.9 Å². The van der Waals surface area contributed by atoms with E-state index in [1.807, 2.05) is 91.0 Å². The Hall–Kier alpha value is -5.12. The van der Waals surface area contributed by atoms with Crippen LogP contribution in [0.5, 0.6) is 0 Å². The third-order valence-corrected chi connectivity index (χ3v) is 25.7. The van der Waals surface area contributed by atoms with Gasteiger partial charge >= 0.3 is 159 Å². The Kier molecular flexibility index (Phi) is 42.6. The number of halogens is 4. The molecule has 0 aliphatic rings. The van der Waals surface area contributed by atoms with Gasteiger partial charge in [0.15, 0.2) is 6.29 Å². The fraction of sp³-hybridized carbons (Fsp3) is 0.230. The monoisotopic (exact) mass is 1430 g/mol. The van der Waals surface area contributed by atoms with Gasteiger partial charge in [-0.05, 0) is 77.3 Å². The molecular weight excluding hydrogens is 1350 g/mol. The molecule has 0 fully saturated rings. The zero-order valence-corrected chi connectivity index (χ0v) is 53.6. The Bertz CT molecular complexity index is 2900. The van der Waals surface area contributed by atoms with Crippen molar-refractivity contribution in [1.82, 2.24) is 0 Å². The number of hydrogen-bond acceptors (Lipinski definition) is 1. The molecule has 0 saturated carbocycles. The minimum atomic E-state index is -2.48. The van der Waals surface area contributed by atoms with Crippen LogP contribution in [0.15, 0.2) is 246 Å². The fourth-order valence-electron chi connectivity index (χ4n) is 7.53. The van der Waals surface area contributed by atoms with Crippen LogP contribution >= 0.6 is 80.7 Å². The van der Waals surface area contributed by atoms with E-state index in [1.54, 1.807) is 6.07 Å². The summed E-state index contributed by atoms with van der Waals surface area (Å²) in [6, 6.07) is 77.0. The summed E-state index contributed by atoms with van der Waals surface area (Å²) >= 11 is 12.0. The molecule has 0 bridgehead atoms. The van der Waals surface area contributed by atoms with Gasteiger partial charge in [0.1, 0.15) is 0 Å². The maximum Gasteiger partial charge on any atom is 0.151 e. The number of rotatable bonds is 15. The predicted molar refractivity (Wildman–Crippen MR) is 388 cm³/mol. The first-order valence-corrected chi connectivity index (χ1v) is 34.9. The number of terminal acetylenes is 1. The summed E-state index contributed by atoms with van der Waals surface area (Å²) in [5.41, 5.74) is 6.21. The van der Waals surface area contributed by atoms with E-state index in [2.05, 4.69) is 274 Å². The van der Waals surface area contributed by atoms with Crippen molar-refractivity contribution in [3.63, 3.8) is 0 Å². The molecule has 0 saturated heterocycles. The normalized spacial score (nSPS) is 10.3. The van der Waals surface area contributed by atoms with Gasteiger partial charge in [0, 0.05) is 31.2 Å². The van der Waals surface area contributed by atoms with Gasteiger partial charge in [0.2, 0.25) is 0 Å². The Labute approximate surface area is 529 Å². The molecule has 0 spiro atoms. The molecule has 8 rings (SSSR count). The molecule has 0 amide bonds. The van der Waals surface area contributed by atoms with E-state index in [4.69, 9.17) is 6.42 Å². The van der Waals surface area contributed by atoms with Crippen molar-refractivity contribution in [1.29, 1.82) is 0 Å². The summed E-state index contributed by atoms with van der Waals surface area (Å²) in [5, 5.41) is 4.44. The molecule has 0 heterocycles. The first kappa shape index (κ1) is 74.9.